The van der Waals surface area contributed by atoms with Crippen molar-refractivity contribution >= 4 is 43.2 Å². The van der Waals surface area contributed by atoms with Crippen molar-refractivity contribution in [1.29, 1.82) is 0 Å². The van der Waals surface area contributed by atoms with Crippen LogP contribution in [-0.4, -0.2) is 8.42 Å². The van der Waals surface area contributed by atoms with E-state index in [2.05, 4.69) is 20.7 Å². The molecular weight excluding hydrogens is 419 g/mol. The fraction of sp³-hybridized carbons (Fsp3) is 0.143. The molecule has 0 unspecified atom stereocenters. The number of aryl methyl sites for hydroxylation is 1. The summed E-state index contributed by atoms with van der Waals surface area (Å²) < 4.78 is 65.2. The molecule has 0 heterocycles. The third-order valence-electron chi connectivity index (χ3n) is 2.93. The molecule has 1 N–H and O–H groups in total. The van der Waals surface area contributed by atoms with Gasteiger partial charge in [0.05, 0.1) is 16.1 Å². The summed E-state index contributed by atoms with van der Waals surface area (Å²) in [5.41, 5.74) is -0.153. The fourth-order valence-electron chi connectivity index (χ4n) is 1.75. The number of hydrogen-bond donors (Lipinski definition) is 1. The third kappa shape index (κ3) is 4.39. The quantitative estimate of drug-likeness (QED) is 0.727. The lowest BCUT2D eigenvalue weighted by molar-refractivity contribution is -0.137. The zero-order chi connectivity index (χ0) is 17.4. The van der Waals surface area contributed by atoms with Gasteiger partial charge in [-0.1, -0.05) is 33.6 Å². The van der Waals surface area contributed by atoms with E-state index in [-0.39, 0.29) is 10.2 Å². The second-order valence-electron chi connectivity index (χ2n) is 4.74. The Hall–Kier alpha value is -1.25. The minimum Gasteiger partial charge on any atom is -0.280 e. The lowest BCUT2D eigenvalue weighted by atomic mass is 10.2. The average molecular weight is 429 g/mol. The number of benzene rings is 2. The smallest absolute Gasteiger partial charge is 0.280 e. The van der Waals surface area contributed by atoms with Gasteiger partial charge in [0.1, 0.15) is 0 Å². The van der Waals surface area contributed by atoms with Crippen LogP contribution in [-0.2, 0) is 16.2 Å². The van der Waals surface area contributed by atoms with E-state index in [0.717, 1.165) is 17.7 Å². The molecule has 0 saturated heterocycles. The van der Waals surface area contributed by atoms with Crippen molar-refractivity contribution in [2.75, 3.05) is 4.72 Å². The first-order chi connectivity index (χ1) is 10.5. The van der Waals surface area contributed by atoms with Crippen LogP contribution in [0.1, 0.15) is 11.1 Å². The van der Waals surface area contributed by atoms with Crippen molar-refractivity contribution in [3.63, 3.8) is 0 Å². The summed E-state index contributed by atoms with van der Waals surface area (Å²) in [6.45, 7) is 1.74. The first-order valence-corrected chi connectivity index (χ1v) is 8.81. The molecule has 0 radical (unpaired) electrons. The Bertz CT molecular complexity index is 854. The molecule has 0 atom stereocenters. The van der Waals surface area contributed by atoms with Gasteiger partial charge in [0, 0.05) is 9.50 Å². The number of anilines is 1. The Morgan fingerprint density at radius 3 is 2.35 bits per heavy atom. The SMILES string of the molecule is Cc1ccc(NS(=O)(=O)c2cc(Br)cc(C(F)(F)F)c2)cc1Cl. The van der Waals surface area contributed by atoms with Crippen molar-refractivity contribution in [3.8, 4) is 0 Å². The third-order valence-corrected chi connectivity index (χ3v) is 5.16. The van der Waals surface area contributed by atoms with Crippen LogP contribution in [0, 0.1) is 6.92 Å². The first kappa shape index (κ1) is 18.1. The van der Waals surface area contributed by atoms with Gasteiger partial charge < -0.3 is 0 Å². The maximum absolute atomic E-state index is 12.8. The van der Waals surface area contributed by atoms with E-state index in [4.69, 9.17) is 11.6 Å². The van der Waals surface area contributed by atoms with Gasteiger partial charge in [-0.25, -0.2) is 8.42 Å². The van der Waals surface area contributed by atoms with Crippen LogP contribution in [0.15, 0.2) is 45.8 Å². The molecule has 124 valence electrons. The molecular formula is C14H10BrClF3NO2S. The molecule has 0 aliphatic rings. The first-order valence-electron chi connectivity index (χ1n) is 6.16. The highest BCUT2D eigenvalue weighted by Crippen LogP contribution is 2.33. The lowest BCUT2D eigenvalue weighted by Crippen LogP contribution is -2.15. The van der Waals surface area contributed by atoms with Gasteiger partial charge in [0.25, 0.3) is 10.0 Å². The van der Waals surface area contributed by atoms with E-state index < -0.39 is 26.7 Å². The normalized spacial score (nSPS) is 12.3. The van der Waals surface area contributed by atoms with Gasteiger partial charge in [-0.15, -0.1) is 0 Å². The predicted molar refractivity (Wildman–Crippen MR) is 86.1 cm³/mol. The average Bonchev–Trinajstić information content (AvgIpc) is 2.41. The van der Waals surface area contributed by atoms with Crippen LogP contribution in [0.25, 0.3) is 0 Å². The number of alkyl halides is 3. The Labute approximate surface area is 144 Å². The Balaban J connectivity index is 2.43. The molecule has 0 aliphatic heterocycles. The molecule has 0 aromatic heterocycles. The molecule has 2 aromatic carbocycles. The van der Waals surface area contributed by atoms with Gasteiger partial charge in [-0.2, -0.15) is 13.2 Å². The fourth-order valence-corrected chi connectivity index (χ4v) is 3.70. The van der Waals surface area contributed by atoms with Gasteiger partial charge in [0.15, 0.2) is 0 Å². The molecule has 9 heteroatoms. The van der Waals surface area contributed by atoms with E-state index in [1.54, 1.807) is 13.0 Å². The summed E-state index contributed by atoms with van der Waals surface area (Å²) in [5.74, 6) is 0. The van der Waals surface area contributed by atoms with Crippen molar-refractivity contribution in [1.82, 2.24) is 0 Å². The molecule has 0 amide bonds. The summed E-state index contributed by atoms with van der Waals surface area (Å²) >= 11 is 8.80. The van der Waals surface area contributed by atoms with Gasteiger partial charge in [-0.3, -0.25) is 4.72 Å². The molecule has 2 rings (SSSR count). The highest BCUT2D eigenvalue weighted by Gasteiger charge is 2.32. The molecule has 0 bridgehead atoms. The van der Waals surface area contributed by atoms with E-state index in [1.807, 2.05) is 0 Å². The zero-order valence-electron chi connectivity index (χ0n) is 11.6. The molecule has 23 heavy (non-hydrogen) atoms. The molecule has 0 spiro atoms. The highest BCUT2D eigenvalue weighted by atomic mass is 79.9. The number of nitrogens with one attached hydrogen (secondary N) is 1. The zero-order valence-corrected chi connectivity index (χ0v) is 14.7. The second-order valence-corrected chi connectivity index (χ2v) is 7.75. The van der Waals surface area contributed by atoms with Gasteiger partial charge in [0.2, 0.25) is 0 Å². The standard InChI is InChI=1S/C14H10BrClF3NO2S/c1-8-2-3-11(7-13(8)16)20-23(21,22)12-5-9(14(17,18)19)4-10(15)6-12/h2-7,20H,1H3. The van der Waals surface area contributed by atoms with Crippen LogP contribution in [0.4, 0.5) is 18.9 Å². The van der Waals surface area contributed by atoms with Gasteiger partial charge in [-0.05, 0) is 42.8 Å². The van der Waals surface area contributed by atoms with E-state index in [9.17, 15) is 21.6 Å². The van der Waals surface area contributed by atoms with Crippen LogP contribution < -0.4 is 4.72 Å². The monoisotopic (exact) mass is 427 g/mol. The molecule has 0 fully saturated rings. The maximum Gasteiger partial charge on any atom is 0.416 e. The van der Waals surface area contributed by atoms with Crippen LogP contribution in [0.5, 0.6) is 0 Å². The number of sulfonamides is 1. The summed E-state index contributed by atoms with van der Waals surface area (Å²) in [6, 6.07) is 6.93. The van der Waals surface area contributed by atoms with Crippen molar-refractivity contribution in [2.45, 2.75) is 18.0 Å². The van der Waals surface area contributed by atoms with Crippen molar-refractivity contribution in [3.05, 3.63) is 57.0 Å². The summed E-state index contributed by atoms with van der Waals surface area (Å²) in [4.78, 5) is -0.504. The van der Waals surface area contributed by atoms with Crippen molar-refractivity contribution in [2.24, 2.45) is 0 Å². The van der Waals surface area contributed by atoms with E-state index in [0.29, 0.717) is 11.1 Å². The minimum atomic E-state index is -4.65. The van der Waals surface area contributed by atoms with E-state index in [1.165, 1.54) is 12.1 Å². The summed E-state index contributed by atoms with van der Waals surface area (Å²) in [5, 5.41) is 0.343. The molecule has 2 aromatic rings. The number of rotatable bonds is 3. The topological polar surface area (TPSA) is 46.2 Å². The molecule has 0 aliphatic carbocycles. The van der Waals surface area contributed by atoms with Crippen molar-refractivity contribution < 1.29 is 21.6 Å². The van der Waals surface area contributed by atoms with Crippen LogP contribution in [0.2, 0.25) is 5.02 Å². The summed E-state index contributed by atoms with van der Waals surface area (Å²) in [7, 11) is -4.19. The molecule has 3 nitrogen and oxygen atoms in total. The maximum atomic E-state index is 12.8. The van der Waals surface area contributed by atoms with Crippen LogP contribution in [0.3, 0.4) is 0 Å². The Kier molecular flexibility index (Phi) is 4.98. The lowest BCUT2D eigenvalue weighted by Gasteiger charge is -2.12. The summed E-state index contributed by atoms with van der Waals surface area (Å²) in [6.07, 6.45) is -4.65. The molecule has 0 saturated carbocycles. The van der Waals surface area contributed by atoms with Gasteiger partial charge >= 0.3 is 6.18 Å². The number of halogens is 5. The largest absolute Gasteiger partial charge is 0.416 e. The number of hydrogen-bond acceptors (Lipinski definition) is 2. The second kappa shape index (κ2) is 6.33. The highest BCUT2D eigenvalue weighted by molar-refractivity contribution is 9.10. The van der Waals surface area contributed by atoms with Crippen LogP contribution >= 0.6 is 27.5 Å². The van der Waals surface area contributed by atoms with E-state index >= 15 is 0 Å². The Morgan fingerprint density at radius 2 is 1.78 bits per heavy atom. The Morgan fingerprint density at radius 1 is 1.13 bits per heavy atom. The minimum absolute atomic E-state index is 0.00892. The predicted octanol–water partition coefficient (Wildman–Crippen LogP) is 5.23.